The van der Waals surface area contributed by atoms with E-state index >= 15 is 0 Å². The number of urea groups is 1. The van der Waals surface area contributed by atoms with Crippen LogP contribution in [-0.2, 0) is 18.6 Å². The van der Waals surface area contributed by atoms with Crippen molar-refractivity contribution in [1.29, 1.82) is 0 Å². The number of amides is 2. The number of rotatable bonds is 9. The summed E-state index contributed by atoms with van der Waals surface area (Å²) in [4.78, 5) is 23.1. The molecule has 0 aliphatic carbocycles. The van der Waals surface area contributed by atoms with Crippen LogP contribution in [0.25, 0.3) is 0 Å². The van der Waals surface area contributed by atoms with Crippen LogP contribution < -0.4 is 10.4 Å². The summed E-state index contributed by atoms with van der Waals surface area (Å²) in [5.41, 5.74) is 0. The minimum Gasteiger partial charge on any atom is -0.465 e. The summed E-state index contributed by atoms with van der Waals surface area (Å²) < 4.78 is 24.4. The second kappa shape index (κ2) is 11.2. The molecule has 13 heteroatoms. The predicted octanol–water partition coefficient (Wildman–Crippen LogP) is 1.17. The lowest BCUT2D eigenvalue weighted by Gasteiger charge is -2.39. The van der Waals surface area contributed by atoms with Crippen molar-refractivity contribution in [2.45, 2.75) is 19.5 Å². The zero-order valence-electron chi connectivity index (χ0n) is 13.8. The Balaban J connectivity index is 2.67. The highest BCUT2D eigenvalue weighted by molar-refractivity contribution is 7.54. The molecule has 1 fully saturated rings. The zero-order valence-corrected chi connectivity index (χ0v) is 16.2. The van der Waals surface area contributed by atoms with E-state index < -0.39 is 32.4 Å². The van der Waals surface area contributed by atoms with Gasteiger partial charge in [-0.2, -0.15) is 5.06 Å². The predicted molar refractivity (Wildman–Crippen MR) is 91.8 cm³/mol. The van der Waals surface area contributed by atoms with Gasteiger partial charge in [-0.1, -0.05) is 0 Å². The number of ether oxygens (including phenoxy) is 1. The van der Waals surface area contributed by atoms with E-state index in [0.717, 1.165) is 0 Å². The minimum absolute atomic E-state index is 0.0538. The number of halogens is 2. The molecule has 2 unspecified atom stereocenters. The van der Waals surface area contributed by atoms with Crippen LogP contribution in [0.3, 0.4) is 0 Å². The number of hydrogen-bond acceptors (Lipinski definition) is 6. The molecule has 1 aliphatic heterocycles. The minimum atomic E-state index is -3.51. The van der Waals surface area contributed by atoms with E-state index in [1.165, 1.54) is 4.67 Å². The summed E-state index contributed by atoms with van der Waals surface area (Å²) in [7, 11) is -3.51. The number of nitrogens with zero attached hydrogens (tertiary/aromatic N) is 2. The third-order valence-corrected chi connectivity index (χ3v) is 5.86. The van der Waals surface area contributed by atoms with Crippen LogP contribution in [0, 0.1) is 0 Å². The van der Waals surface area contributed by atoms with Gasteiger partial charge in [-0.3, -0.25) is 14.6 Å². The van der Waals surface area contributed by atoms with Gasteiger partial charge in [0.05, 0.1) is 13.2 Å². The Kier molecular flexibility index (Phi) is 10.0. The van der Waals surface area contributed by atoms with Crippen molar-refractivity contribution in [2.75, 3.05) is 44.6 Å². The SMILES string of the molecule is CCOC(=O)CNC(=O)N(O)C1CCOP(=O)(N(CCCl)CCCl)N1. The topological polar surface area (TPSA) is 120 Å². The third kappa shape index (κ3) is 6.90. The number of alkyl halides is 2. The van der Waals surface area contributed by atoms with Crippen LogP contribution in [0.1, 0.15) is 13.3 Å². The Labute approximate surface area is 156 Å². The normalized spacial score (nSPS) is 23.3. The van der Waals surface area contributed by atoms with Crippen molar-refractivity contribution in [3.8, 4) is 0 Å². The van der Waals surface area contributed by atoms with Gasteiger partial charge < -0.3 is 14.6 Å². The fourth-order valence-corrected chi connectivity index (χ4v) is 4.81. The third-order valence-electron chi connectivity index (χ3n) is 3.22. The number of hydroxylamine groups is 2. The van der Waals surface area contributed by atoms with E-state index in [4.69, 9.17) is 27.7 Å². The highest BCUT2D eigenvalue weighted by Gasteiger charge is 2.40. The molecule has 25 heavy (non-hydrogen) atoms. The monoisotopic (exact) mass is 420 g/mol. The molecule has 0 aromatic heterocycles. The van der Waals surface area contributed by atoms with Gasteiger partial charge in [-0.05, 0) is 6.92 Å². The average molecular weight is 421 g/mol. The maximum atomic E-state index is 12.9. The van der Waals surface area contributed by atoms with Crippen LogP contribution in [0.2, 0.25) is 0 Å². The summed E-state index contributed by atoms with van der Waals surface area (Å²) >= 11 is 11.4. The Hall–Kier alpha value is -0.610. The molecule has 0 bridgehead atoms. The summed E-state index contributed by atoms with van der Waals surface area (Å²) in [6.45, 7) is 1.99. The Morgan fingerprint density at radius 2 is 2.04 bits per heavy atom. The van der Waals surface area contributed by atoms with E-state index in [1.54, 1.807) is 6.92 Å². The van der Waals surface area contributed by atoms with E-state index in [9.17, 15) is 19.4 Å². The van der Waals surface area contributed by atoms with Gasteiger partial charge in [0.15, 0.2) is 0 Å². The molecule has 146 valence electrons. The molecule has 0 saturated carbocycles. The van der Waals surface area contributed by atoms with Crippen LogP contribution in [-0.4, -0.2) is 77.7 Å². The lowest BCUT2D eigenvalue weighted by molar-refractivity contribution is -0.142. The number of hydrogen-bond donors (Lipinski definition) is 3. The maximum Gasteiger partial charge on any atom is 0.345 e. The fourth-order valence-electron chi connectivity index (χ4n) is 2.07. The molecular weight excluding hydrogens is 398 g/mol. The number of nitrogens with one attached hydrogen (secondary N) is 2. The smallest absolute Gasteiger partial charge is 0.345 e. The first-order chi connectivity index (χ1) is 11.9. The lowest BCUT2D eigenvalue weighted by Crippen LogP contribution is -2.54. The van der Waals surface area contributed by atoms with Crippen LogP contribution >= 0.6 is 30.9 Å². The molecule has 0 spiro atoms. The Morgan fingerprint density at radius 1 is 1.40 bits per heavy atom. The molecule has 0 radical (unpaired) electrons. The van der Waals surface area contributed by atoms with Crippen LogP contribution in [0.4, 0.5) is 4.79 Å². The molecular formula is C12H23Cl2N4O6P. The van der Waals surface area contributed by atoms with Crippen molar-refractivity contribution in [2.24, 2.45) is 0 Å². The van der Waals surface area contributed by atoms with Gasteiger partial charge in [0.25, 0.3) is 0 Å². The van der Waals surface area contributed by atoms with Crippen LogP contribution in [0.5, 0.6) is 0 Å². The molecule has 0 aromatic carbocycles. The van der Waals surface area contributed by atoms with Gasteiger partial charge >= 0.3 is 19.7 Å². The summed E-state index contributed by atoms with van der Waals surface area (Å²) in [6.07, 6.45) is -0.766. The van der Waals surface area contributed by atoms with Crippen LogP contribution in [0.15, 0.2) is 0 Å². The molecule has 2 amide bonds. The van der Waals surface area contributed by atoms with Gasteiger partial charge in [-0.15, -0.1) is 23.2 Å². The molecule has 2 atom stereocenters. The molecule has 1 aliphatic rings. The second-order valence-corrected chi connectivity index (χ2v) is 7.81. The zero-order chi connectivity index (χ0) is 18.9. The van der Waals surface area contributed by atoms with E-state index in [2.05, 4.69) is 15.1 Å². The standard InChI is InChI=1S/C12H23Cl2N4O6P/c1-2-23-11(19)9-15-12(20)18(21)10-3-8-24-25(22,16-10)17(6-4-13)7-5-14/h10,21H,2-9H2,1H3,(H,15,20)(H,16,22). The molecule has 1 rings (SSSR count). The van der Waals surface area contributed by atoms with Gasteiger partial charge in [0.1, 0.15) is 12.7 Å². The van der Waals surface area contributed by atoms with E-state index in [1.807, 2.05) is 0 Å². The summed E-state index contributed by atoms with van der Waals surface area (Å²) in [5, 5.41) is 15.2. The molecule has 0 aromatic rings. The molecule has 3 N–H and O–H groups in total. The van der Waals surface area contributed by atoms with Crippen molar-refractivity contribution >= 4 is 42.9 Å². The molecule has 10 nitrogen and oxygen atoms in total. The first-order valence-corrected chi connectivity index (χ1v) is 10.3. The lowest BCUT2D eigenvalue weighted by atomic mass is 10.3. The van der Waals surface area contributed by atoms with Gasteiger partial charge in [0.2, 0.25) is 0 Å². The molecule has 1 heterocycles. The highest BCUT2D eigenvalue weighted by Crippen LogP contribution is 2.49. The van der Waals surface area contributed by atoms with Crippen molar-refractivity contribution < 1.29 is 28.6 Å². The number of carbonyl (C=O) groups excluding carboxylic acids is 2. The Bertz CT molecular complexity index is 494. The first-order valence-electron chi connectivity index (χ1n) is 7.69. The Morgan fingerprint density at radius 3 is 2.60 bits per heavy atom. The number of esters is 1. The van der Waals surface area contributed by atoms with E-state index in [0.29, 0.717) is 5.06 Å². The van der Waals surface area contributed by atoms with Crippen molar-refractivity contribution in [1.82, 2.24) is 20.1 Å². The first kappa shape index (κ1) is 22.4. The summed E-state index contributed by atoms with van der Waals surface area (Å²) in [5.74, 6) is -0.218. The largest absolute Gasteiger partial charge is 0.465 e. The quantitative estimate of drug-likeness (QED) is 0.167. The van der Waals surface area contributed by atoms with Gasteiger partial charge in [-0.25, -0.2) is 14.6 Å². The average Bonchev–Trinajstić information content (AvgIpc) is 2.59. The number of carbonyl (C=O) groups is 2. The fraction of sp³-hybridized carbons (Fsp3) is 0.833. The highest BCUT2D eigenvalue weighted by atomic mass is 35.5. The van der Waals surface area contributed by atoms with Crippen molar-refractivity contribution in [3.63, 3.8) is 0 Å². The van der Waals surface area contributed by atoms with Gasteiger partial charge in [0, 0.05) is 31.3 Å². The summed E-state index contributed by atoms with van der Waals surface area (Å²) in [6, 6.07) is -0.930. The molecule has 1 saturated heterocycles. The maximum absolute atomic E-state index is 12.9. The van der Waals surface area contributed by atoms with Crippen molar-refractivity contribution in [3.05, 3.63) is 0 Å². The van der Waals surface area contributed by atoms with E-state index in [-0.39, 0.29) is 44.5 Å². The second-order valence-electron chi connectivity index (χ2n) is 4.93.